The number of nitrogens with one attached hydrogen (secondary N) is 1. The minimum atomic E-state index is -0.778. The van der Waals surface area contributed by atoms with E-state index in [9.17, 15) is 4.79 Å². The SMILES string of the molecule is CC(C(=O)O)c1ccc(N2CCNCC2)cc1.Cl.Cl. The third-order valence-corrected chi connectivity index (χ3v) is 3.25. The fourth-order valence-corrected chi connectivity index (χ4v) is 2.04. The van der Waals surface area contributed by atoms with E-state index < -0.39 is 11.9 Å². The van der Waals surface area contributed by atoms with Gasteiger partial charge in [0.25, 0.3) is 0 Å². The van der Waals surface area contributed by atoms with E-state index in [-0.39, 0.29) is 24.8 Å². The summed E-state index contributed by atoms with van der Waals surface area (Å²) >= 11 is 0. The first-order valence-corrected chi connectivity index (χ1v) is 5.97. The first kappa shape index (κ1) is 18.0. The van der Waals surface area contributed by atoms with Crippen molar-refractivity contribution in [3.05, 3.63) is 29.8 Å². The highest BCUT2D eigenvalue weighted by atomic mass is 35.5. The van der Waals surface area contributed by atoms with Crippen molar-refractivity contribution >= 4 is 36.5 Å². The molecule has 0 aliphatic carbocycles. The maximum absolute atomic E-state index is 10.9. The van der Waals surface area contributed by atoms with Gasteiger partial charge in [-0.1, -0.05) is 12.1 Å². The lowest BCUT2D eigenvalue weighted by Crippen LogP contribution is -2.43. The summed E-state index contributed by atoms with van der Waals surface area (Å²) in [6.45, 7) is 5.74. The van der Waals surface area contributed by atoms with Crippen LogP contribution < -0.4 is 10.2 Å². The van der Waals surface area contributed by atoms with Crippen molar-refractivity contribution in [1.82, 2.24) is 5.32 Å². The number of benzene rings is 1. The molecule has 4 nitrogen and oxygen atoms in total. The third-order valence-electron chi connectivity index (χ3n) is 3.25. The van der Waals surface area contributed by atoms with Crippen LogP contribution in [0.5, 0.6) is 0 Å². The Balaban J connectivity index is 0.00000162. The summed E-state index contributed by atoms with van der Waals surface area (Å²) in [7, 11) is 0. The Kier molecular flexibility index (Phi) is 7.83. The van der Waals surface area contributed by atoms with Gasteiger partial charge in [-0.3, -0.25) is 4.79 Å². The topological polar surface area (TPSA) is 52.6 Å². The van der Waals surface area contributed by atoms with Gasteiger partial charge in [0.1, 0.15) is 0 Å². The molecule has 1 aromatic rings. The lowest BCUT2D eigenvalue weighted by Gasteiger charge is -2.29. The van der Waals surface area contributed by atoms with Crippen LogP contribution in [0.4, 0.5) is 5.69 Å². The molecule has 0 radical (unpaired) electrons. The smallest absolute Gasteiger partial charge is 0.310 e. The number of carbonyl (C=O) groups is 1. The summed E-state index contributed by atoms with van der Waals surface area (Å²) in [6.07, 6.45) is 0. The van der Waals surface area contributed by atoms with E-state index in [0.29, 0.717) is 0 Å². The molecule has 2 N–H and O–H groups in total. The predicted molar refractivity (Wildman–Crippen MR) is 82.1 cm³/mol. The van der Waals surface area contributed by atoms with Crippen molar-refractivity contribution in [3.63, 3.8) is 0 Å². The molecule has 1 saturated heterocycles. The average Bonchev–Trinajstić information content (AvgIpc) is 2.39. The van der Waals surface area contributed by atoms with Gasteiger partial charge in [-0.15, -0.1) is 24.8 Å². The number of anilines is 1. The van der Waals surface area contributed by atoms with Gasteiger partial charge < -0.3 is 15.3 Å². The van der Waals surface area contributed by atoms with Crippen molar-refractivity contribution in [3.8, 4) is 0 Å². The number of aliphatic carboxylic acids is 1. The van der Waals surface area contributed by atoms with Crippen LogP contribution in [-0.4, -0.2) is 37.3 Å². The van der Waals surface area contributed by atoms with Crippen LogP contribution in [0.1, 0.15) is 18.4 Å². The number of rotatable bonds is 3. The van der Waals surface area contributed by atoms with E-state index in [4.69, 9.17) is 5.11 Å². The minimum Gasteiger partial charge on any atom is -0.481 e. The number of hydrogen-bond acceptors (Lipinski definition) is 3. The molecule has 108 valence electrons. The first-order valence-electron chi connectivity index (χ1n) is 5.97. The molecular weight excluding hydrogens is 287 g/mol. The fraction of sp³-hybridized carbons (Fsp3) is 0.462. The summed E-state index contributed by atoms with van der Waals surface area (Å²) < 4.78 is 0. The molecule has 0 spiro atoms. The number of carboxylic acids is 1. The van der Waals surface area contributed by atoms with Crippen LogP contribution in [0.2, 0.25) is 0 Å². The molecule has 0 amide bonds. The first-order chi connectivity index (χ1) is 8.18. The second-order valence-corrected chi connectivity index (χ2v) is 4.39. The quantitative estimate of drug-likeness (QED) is 0.898. The summed E-state index contributed by atoms with van der Waals surface area (Å²) in [5, 5.41) is 12.2. The van der Waals surface area contributed by atoms with Crippen LogP contribution in [0, 0.1) is 0 Å². The molecule has 0 saturated carbocycles. The highest BCUT2D eigenvalue weighted by Gasteiger charge is 2.14. The Hall–Kier alpha value is -0.970. The van der Waals surface area contributed by atoms with Crippen LogP contribution >= 0.6 is 24.8 Å². The Morgan fingerprint density at radius 1 is 1.21 bits per heavy atom. The highest BCUT2D eigenvalue weighted by molar-refractivity contribution is 5.85. The lowest BCUT2D eigenvalue weighted by molar-refractivity contribution is -0.138. The number of hydrogen-bond donors (Lipinski definition) is 2. The molecule has 19 heavy (non-hydrogen) atoms. The zero-order chi connectivity index (χ0) is 12.3. The molecule has 1 fully saturated rings. The van der Waals surface area contributed by atoms with Crippen molar-refractivity contribution < 1.29 is 9.90 Å². The molecule has 1 aliphatic heterocycles. The molecule has 6 heteroatoms. The summed E-state index contributed by atoms with van der Waals surface area (Å²) in [5.74, 6) is -1.22. The molecule has 1 atom stereocenters. The molecule has 0 bridgehead atoms. The number of carboxylic acid groups (broad SMARTS) is 1. The zero-order valence-corrected chi connectivity index (χ0v) is 12.5. The molecule has 0 aromatic heterocycles. The van der Waals surface area contributed by atoms with E-state index in [2.05, 4.69) is 10.2 Å². The van der Waals surface area contributed by atoms with E-state index >= 15 is 0 Å². The number of piperazine rings is 1. The average molecular weight is 307 g/mol. The zero-order valence-electron chi connectivity index (χ0n) is 10.8. The largest absolute Gasteiger partial charge is 0.481 e. The van der Waals surface area contributed by atoms with Gasteiger partial charge in [0.15, 0.2) is 0 Å². The Labute approximate surface area is 126 Å². The van der Waals surface area contributed by atoms with Crippen molar-refractivity contribution in [2.45, 2.75) is 12.8 Å². The predicted octanol–water partition coefficient (Wildman–Crippen LogP) is 2.13. The summed E-state index contributed by atoms with van der Waals surface area (Å²) in [6, 6.07) is 7.85. The van der Waals surface area contributed by atoms with Crippen LogP contribution in [0.25, 0.3) is 0 Å². The van der Waals surface area contributed by atoms with Gasteiger partial charge >= 0.3 is 5.97 Å². The van der Waals surface area contributed by atoms with E-state index in [1.54, 1.807) is 6.92 Å². The number of halogens is 2. The standard InChI is InChI=1S/C13H18N2O2.2ClH/c1-10(13(16)17)11-2-4-12(5-3-11)15-8-6-14-7-9-15;;/h2-5,10,14H,6-9H2,1H3,(H,16,17);2*1H. The third kappa shape index (κ3) is 4.56. The van der Waals surface area contributed by atoms with Crippen molar-refractivity contribution in [1.29, 1.82) is 0 Å². The van der Waals surface area contributed by atoms with Crippen LogP contribution in [0.3, 0.4) is 0 Å². The maximum atomic E-state index is 10.9. The second kappa shape index (κ2) is 8.25. The number of nitrogens with zero attached hydrogens (tertiary/aromatic N) is 1. The molecule has 1 aromatic carbocycles. The fourth-order valence-electron chi connectivity index (χ4n) is 2.04. The van der Waals surface area contributed by atoms with Gasteiger partial charge in [0.05, 0.1) is 5.92 Å². The molecule has 1 aliphatic rings. The summed E-state index contributed by atoms with van der Waals surface area (Å²) in [4.78, 5) is 13.2. The van der Waals surface area contributed by atoms with Crippen LogP contribution in [-0.2, 0) is 4.79 Å². The lowest BCUT2D eigenvalue weighted by atomic mass is 10.0. The Morgan fingerprint density at radius 2 is 1.74 bits per heavy atom. The molecule has 1 unspecified atom stereocenters. The van der Waals surface area contributed by atoms with E-state index in [0.717, 1.165) is 31.7 Å². The molecule has 1 heterocycles. The highest BCUT2D eigenvalue weighted by Crippen LogP contribution is 2.20. The molecule has 2 rings (SSSR count). The normalized spacial score (nSPS) is 15.9. The monoisotopic (exact) mass is 306 g/mol. The molecular formula is C13H20Cl2N2O2. The van der Waals surface area contributed by atoms with E-state index in [1.807, 2.05) is 24.3 Å². The maximum Gasteiger partial charge on any atom is 0.310 e. The van der Waals surface area contributed by atoms with Crippen molar-refractivity contribution in [2.24, 2.45) is 0 Å². The van der Waals surface area contributed by atoms with E-state index in [1.165, 1.54) is 5.69 Å². The van der Waals surface area contributed by atoms with Crippen molar-refractivity contribution in [2.75, 3.05) is 31.1 Å². The van der Waals surface area contributed by atoms with Gasteiger partial charge in [-0.25, -0.2) is 0 Å². The van der Waals surface area contributed by atoms with Crippen LogP contribution in [0.15, 0.2) is 24.3 Å². The minimum absolute atomic E-state index is 0. The summed E-state index contributed by atoms with van der Waals surface area (Å²) in [5.41, 5.74) is 2.03. The Morgan fingerprint density at radius 3 is 2.21 bits per heavy atom. The van der Waals surface area contributed by atoms with Gasteiger partial charge in [0, 0.05) is 31.9 Å². The van der Waals surface area contributed by atoms with Gasteiger partial charge in [-0.2, -0.15) is 0 Å². The second-order valence-electron chi connectivity index (χ2n) is 4.39. The van der Waals surface area contributed by atoms with Gasteiger partial charge in [-0.05, 0) is 24.6 Å². The Bertz CT molecular complexity index is 392. The van der Waals surface area contributed by atoms with Gasteiger partial charge in [0.2, 0.25) is 0 Å².